The van der Waals surface area contributed by atoms with E-state index in [0.717, 1.165) is 12.0 Å². The lowest BCUT2D eigenvalue weighted by Gasteiger charge is -2.40. The zero-order valence-corrected chi connectivity index (χ0v) is 17.3. The van der Waals surface area contributed by atoms with E-state index in [-0.39, 0.29) is 25.0 Å². The molecule has 2 N–H and O–H groups in total. The first-order valence-corrected chi connectivity index (χ1v) is 9.99. The largest absolute Gasteiger partial charge is 0.444 e. The van der Waals surface area contributed by atoms with E-state index in [1.165, 1.54) is 5.56 Å². The van der Waals surface area contributed by atoms with Crippen LogP contribution in [-0.2, 0) is 20.7 Å². The Labute approximate surface area is 171 Å². The van der Waals surface area contributed by atoms with Crippen LogP contribution in [0.25, 0.3) is 0 Å². The van der Waals surface area contributed by atoms with Gasteiger partial charge in [-0.2, -0.15) is 0 Å². The maximum absolute atomic E-state index is 13.1. The summed E-state index contributed by atoms with van der Waals surface area (Å²) in [7, 11) is 0. The third-order valence-corrected chi connectivity index (χ3v) is 5.21. The Balaban J connectivity index is 1.62. The van der Waals surface area contributed by atoms with E-state index < -0.39 is 29.9 Å². The molecule has 2 heterocycles. The molecular formula is C22H30N2O5. The summed E-state index contributed by atoms with van der Waals surface area (Å²) < 4.78 is 10.9. The van der Waals surface area contributed by atoms with Gasteiger partial charge < -0.3 is 24.8 Å². The monoisotopic (exact) mass is 402 g/mol. The number of hydrogen-bond acceptors (Lipinski definition) is 5. The second-order valence-corrected chi connectivity index (χ2v) is 8.54. The van der Waals surface area contributed by atoms with Crippen LogP contribution in [0.4, 0.5) is 4.79 Å². The van der Waals surface area contributed by atoms with Crippen molar-refractivity contribution in [1.82, 2.24) is 10.2 Å². The standard InChI is InChI=1S/C22H30N2O5/c1-5-17-15-9-7-6-8-14(15)10-11-24(17)20(26)19-12-18(25)16(13-28-19)23-21(27)29-22(2,3)4/h5-9,16-19,25H,1,10-13H2,2-4H3,(H,23,27)/t16-,17+,18+,19-/m1/s1. The second kappa shape index (κ2) is 8.55. The number of rotatable bonds is 3. The van der Waals surface area contributed by atoms with Gasteiger partial charge in [0.25, 0.3) is 5.91 Å². The topological polar surface area (TPSA) is 88.1 Å². The number of benzene rings is 1. The van der Waals surface area contributed by atoms with Crippen molar-refractivity contribution in [2.45, 2.75) is 63.5 Å². The number of amides is 2. The molecule has 0 aliphatic carbocycles. The highest BCUT2D eigenvalue weighted by molar-refractivity contribution is 5.82. The summed E-state index contributed by atoms with van der Waals surface area (Å²) in [6.45, 7) is 9.81. The molecule has 2 aliphatic rings. The maximum atomic E-state index is 13.1. The predicted octanol–water partition coefficient (Wildman–Crippen LogP) is 2.34. The number of hydrogen-bond donors (Lipinski definition) is 2. The molecule has 3 rings (SSSR count). The Hall–Kier alpha value is -2.38. The van der Waals surface area contributed by atoms with Crippen molar-refractivity contribution >= 4 is 12.0 Å². The summed E-state index contributed by atoms with van der Waals surface area (Å²) in [5.41, 5.74) is 1.66. The molecule has 2 aliphatic heterocycles. The maximum Gasteiger partial charge on any atom is 0.408 e. The molecular weight excluding hydrogens is 372 g/mol. The molecule has 29 heavy (non-hydrogen) atoms. The van der Waals surface area contributed by atoms with Crippen molar-refractivity contribution in [3.63, 3.8) is 0 Å². The quantitative estimate of drug-likeness (QED) is 0.758. The molecule has 0 radical (unpaired) electrons. The van der Waals surface area contributed by atoms with Crippen LogP contribution in [-0.4, -0.2) is 59.0 Å². The Morgan fingerprint density at radius 1 is 1.34 bits per heavy atom. The van der Waals surface area contributed by atoms with E-state index in [9.17, 15) is 14.7 Å². The van der Waals surface area contributed by atoms with Crippen LogP contribution >= 0.6 is 0 Å². The first kappa shape index (κ1) is 21.3. The smallest absolute Gasteiger partial charge is 0.408 e. The molecule has 0 aromatic heterocycles. The Morgan fingerprint density at radius 2 is 2.07 bits per heavy atom. The molecule has 1 saturated heterocycles. The van der Waals surface area contributed by atoms with Crippen molar-refractivity contribution in [3.8, 4) is 0 Å². The van der Waals surface area contributed by atoms with Crippen LogP contribution in [0.2, 0.25) is 0 Å². The van der Waals surface area contributed by atoms with Crippen LogP contribution in [0.1, 0.15) is 44.4 Å². The van der Waals surface area contributed by atoms with Crippen LogP contribution in [0, 0.1) is 0 Å². The number of fused-ring (bicyclic) bond motifs is 1. The van der Waals surface area contributed by atoms with E-state index >= 15 is 0 Å². The molecule has 7 heteroatoms. The van der Waals surface area contributed by atoms with Crippen molar-refractivity contribution in [1.29, 1.82) is 0 Å². The Morgan fingerprint density at radius 3 is 2.72 bits per heavy atom. The van der Waals surface area contributed by atoms with Gasteiger partial charge in [-0.05, 0) is 38.3 Å². The van der Waals surface area contributed by atoms with Crippen molar-refractivity contribution in [2.75, 3.05) is 13.2 Å². The molecule has 0 bridgehead atoms. The lowest BCUT2D eigenvalue weighted by molar-refractivity contribution is -0.154. The van der Waals surface area contributed by atoms with E-state index in [1.807, 2.05) is 18.2 Å². The third-order valence-electron chi connectivity index (χ3n) is 5.21. The molecule has 1 aromatic rings. The molecule has 1 fully saturated rings. The molecule has 4 atom stereocenters. The minimum Gasteiger partial charge on any atom is -0.444 e. The van der Waals surface area contributed by atoms with Crippen LogP contribution in [0.3, 0.4) is 0 Å². The summed E-state index contributed by atoms with van der Waals surface area (Å²) >= 11 is 0. The highest BCUT2D eigenvalue weighted by Gasteiger charge is 2.39. The first-order valence-electron chi connectivity index (χ1n) is 9.99. The van der Waals surface area contributed by atoms with E-state index in [1.54, 1.807) is 31.7 Å². The summed E-state index contributed by atoms with van der Waals surface area (Å²) in [6.07, 6.45) is 0.376. The van der Waals surface area contributed by atoms with Gasteiger partial charge in [0.15, 0.2) is 0 Å². The molecule has 0 spiro atoms. The van der Waals surface area contributed by atoms with Crippen LogP contribution in [0.15, 0.2) is 36.9 Å². The number of aliphatic hydroxyl groups is 1. The molecule has 7 nitrogen and oxygen atoms in total. The van der Waals surface area contributed by atoms with Gasteiger partial charge in [-0.3, -0.25) is 4.79 Å². The summed E-state index contributed by atoms with van der Waals surface area (Å²) in [5, 5.41) is 13.1. The van der Waals surface area contributed by atoms with Crippen LogP contribution in [0.5, 0.6) is 0 Å². The van der Waals surface area contributed by atoms with Crippen molar-refractivity contribution < 1.29 is 24.2 Å². The number of ether oxygens (including phenoxy) is 2. The zero-order valence-electron chi connectivity index (χ0n) is 17.3. The SMILES string of the molecule is C=C[C@H]1c2ccccc2CCN1C(=O)[C@H]1C[C@H](O)[C@H](NC(=O)OC(C)(C)C)CO1. The van der Waals surface area contributed by atoms with Crippen LogP contribution < -0.4 is 5.32 Å². The molecule has 158 valence electrons. The average molecular weight is 402 g/mol. The van der Waals surface area contributed by atoms with Gasteiger partial charge in [-0.25, -0.2) is 4.79 Å². The number of nitrogens with zero attached hydrogens (tertiary/aromatic N) is 1. The molecule has 0 saturated carbocycles. The minimum atomic E-state index is -0.899. The molecule has 0 unspecified atom stereocenters. The number of aliphatic hydroxyl groups excluding tert-OH is 1. The fourth-order valence-corrected chi connectivity index (χ4v) is 3.84. The highest BCUT2D eigenvalue weighted by atomic mass is 16.6. The van der Waals surface area contributed by atoms with Gasteiger partial charge in [0.1, 0.15) is 11.7 Å². The number of nitrogens with one attached hydrogen (secondary N) is 1. The Bertz CT molecular complexity index is 773. The van der Waals surface area contributed by atoms with E-state index in [2.05, 4.69) is 18.0 Å². The predicted molar refractivity (Wildman–Crippen MR) is 108 cm³/mol. The number of carbonyl (C=O) groups is 2. The minimum absolute atomic E-state index is 0.0417. The van der Waals surface area contributed by atoms with Gasteiger partial charge in [0.05, 0.1) is 24.8 Å². The summed E-state index contributed by atoms with van der Waals surface area (Å²) in [5.74, 6) is -0.167. The highest BCUT2D eigenvalue weighted by Crippen LogP contribution is 2.32. The summed E-state index contributed by atoms with van der Waals surface area (Å²) in [6, 6.07) is 7.20. The normalized spacial score (nSPS) is 27.0. The van der Waals surface area contributed by atoms with Gasteiger partial charge in [-0.1, -0.05) is 30.3 Å². The average Bonchev–Trinajstić information content (AvgIpc) is 2.66. The van der Waals surface area contributed by atoms with Gasteiger partial charge in [0, 0.05) is 13.0 Å². The van der Waals surface area contributed by atoms with Crippen molar-refractivity contribution in [3.05, 3.63) is 48.0 Å². The first-order chi connectivity index (χ1) is 13.7. The van der Waals surface area contributed by atoms with Crippen molar-refractivity contribution in [2.24, 2.45) is 0 Å². The fourth-order valence-electron chi connectivity index (χ4n) is 3.84. The van der Waals surface area contributed by atoms with Gasteiger partial charge in [-0.15, -0.1) is 6.58 Å². The zero-order chi connectivity index (χ0) is 21.2. The third kappa shape index (κ3) is 4.97. The number of alkyl carbamates (subject to hydrolysis) is 1. The van der Waals surface area contributed by atoms with Gasteiger partial charge in [0.2, 0.25) is 0 Å². The Kier molecular flexibility index (Phi) is 6.29. The lowest BCUT2D eigenvalue weighted by Crippen LogP contribution is -2.56. The lowest BCUT2D eigenvalue weighted by atomic mass is 9.91. The van der Waals surface area contributed by atoms with E-state index in [4.69, 9.17) is 9.47 Å². The fraction of sp³-hybridized carbons (Fsp3) is 0.545. The van der Waals surface area contributed by atoms with Gasteiger partial charge >= 0.3 is 6.09 Å². The second-order valence-electron chi connectivity index (χ2n) is 8.54. The van der Waals surface area contributed by atoms with E-state index in [0.29, 0.717) is 6.54 Å². The number of carbonyl (C=O) groups excluding carboxylic acids is 2. The molecule has 2 amide bonds. The summed E-state index contributed by atoms with van der Waals surface area (Å²) in [4.78, 5) is 26.8. The molecule has 1 aromatic carbocycles.